The van der Waals surface area contributed by atoms with Crippen LogP contribution < -0.4 is 15.0 Å². The van der Waals surface area contributed by atoms with Gasteiger partial charge in [-0.3, -0.25) is 24.6 Å². The highest BCUT2D eigenvalue weighted by Gasteiger charge is 2.39. The van der Waals surface area contributed by atoms with Gasteiger partial charge in [-0.2, -0.15) is 0 Å². The molecule has 222 valence electrons. The van der Waals surface area contributed by atoms with E-state index in [9.17, 15) is 14.4 Å². The zero-order valence-electron chi connectivity index (χ0n) is 23.9. The number of piperidine rings is 1. The number of anilines is 1. The number of morpholine rings is 1. The van der Waals surface area contributed by atoms with Crippen molar-refractivity contribution >= 4 is 34.6 Å². The molecule has 4 fully saturated rings. The van der Waals surface area contributed by atoms with Gasteiger partial charge in [0.1, 0.15) is 17.9 Å². The number of nitrogens with zero attached hydrogens (tertiary/aromatic N) is 5. The molecule has 2 aromatic carbocycles. The van der Waals surface area contributed by atoms with Crippen molar-refractivity contribution < 1.29 is 23.9 Å². The molecule has 2 bridgehead atoms. The zero-order chi connectivity index (χ0) is 29.1. The Labute approximate surface area is 249 Å². The average molecular weight is 583 g/mol. The molecule has 4 atom stereocenters. The second kappa shape index (κ2) is 10.6. The van der Waals surface area contributed by atoms with E-state index in [4.69, 9.17) is 19.4 Å². The van der Waals surface area contributed by atoms with Crippen molar-refractivity contribution in [1.29, 1.82) is 0 Å². The summed E-state index contributed by atoms with van der Waals surface area (Å²) in [5.74, 6) is 0.664. The highest BCUT2D eigenvalue weighted by atomic mass is 16.5. The first-order valence-electron chi connectivity index (χ1n) is 15.3. The monoisotopic (exact) mass is 582 g/mol. The Bertz CT molecular complexity index is 1620. The summed E-state index contributed by atoms with van der Waals surface area (Å²) >= 11 is 0. The fraction of sp³-hybridized carbons (Fsp3) is 0.469. The second-order valence-electron chi connectivity index (χ2n) is 12.4. The molecular weight excluding hydrogens is 548 g/mol. The Morgan fingerprint density at radius 3 is 2.67 bits per heavy atom. The Morgan fingerprint density at radius 2 is 1.84 bits per heavy atom. The van der Waals surface area contributed by atoms with E-state index in [1.807, 2.05) is 18.3 Å². The van der Waals surface area contributed by atoms with Crippen LogP contribution in [0.3, 0.4) is 0 Å². The van der Waals surface area contributed by atoms with Gasteiger partial charge in [-0.1, -0.05) is 6.07 Å². The summed E-state index contributed by atoms with van der Waals surface area (Å²) in [6.45, 7) is 4.64. The van der Waals surface area contributed by atoms with E-state index < -0.39 is 11.9 Å². The summed E-state index contributed by atoms with van der Waals surface area (Å²) < 4.78 is 12.3. The van der Waals surface area contributed by atoms with E-state index in [1.165, 1.54) is 5.56 Å². The molecule has 43 heavy (non-hydrogen) atoms. The summed E-state index contributed by atoms with van der Waals surface area (Å²) in [6.07, 6.45) is 6.36. The first-order chi connectivity index (χ1) is 20.9. The van der Waals surface area contributed by atoms with Crippen molar-refractivity contribution in [3.8, 4) is 5.75 Å². The largest absolute Gasteiger partial charge is 0.489 e. The van der Waals surface area contributed by atoms with Crippen LogP contribution in [-0.2, 0) is 27.4 Å². The molecule has 0 aliphatic carbocycles. The van der Waals surface area contributed by atoms with Crippen molar-refractivity contribution in [3.63, 3.8) is 0 Å². The maximum absolute atomic E-state index is 13.0. The van der Waals surface area contributed by atoms with Crippen LogP contribution in [0.4, 0.5) is 5.95 Å². The van der Waals surface area contributed by atoms with Gasteiger partial charge in [-0.15, -0.1) is 0 Å². The maximum Gasteiger partial charge on any atom is 0.255 e. The molecule has 1 N–H and O–H groups in total. The van der Waals surface area contributed by atoms with Gasteiger partial charge < -0.3 is 19.3 Å². The van der Waals surface area contributed by atoms with Crippen LogP contribution in [0.1, 0.15) is 53.6 Å². The normalized spacial score (nSPS) is 27.2. The van der Waals surface area contributed by atoms with Crippen LogP contribution in [0.25, 0.3) is 10.9 Å². The summed E-state index contributed by atoms with van der Waals surface area (Å²) in [6, 6.07) is 11.4. The van der Waals surface area contributed by atoms with Crippen molar-refractivity contribution in [1.82, 2.24) is 25.1 Å². The number of imide groups is 1. The molecule has 5 aliphatic heterocycles. The maximum atomic E-state index is 13.0. The third-order valence-electron chi connectivity index (χ3n) is 9.39. The third-order valence-corrected chi connectivity index (χ3v) is 9.39. The fourth-order valence-electron chi connectivity index (χ4n) is 7.21. The highest BCUT2D eigenvalue weighted by Crippen LogP contribution is 2.32. The lowest BCUT2D eigenvalue weighted by Gasteiger charge is -2.32. The van der Waals surface area contributed by atoms with Gasteiger partial charge in [0.15, 0.2) is 0 Å². The minimum atomic E-state index is -0.617. The van der Waals surface area contributed by atoms with E-state index in [0.29, 0.717) is 30.7 Å². The molecule has 11 nitrogen and oxygen atoms in total. The standard InChI is InChI=1S/C32H34N6O5/c39-29-8-7-28(30(40)35-29)38-15-21-12-22(4-5-26(21)31(38)41)42-25-9-10-36(16-25)14-19-1-6-27-20(11-19)13-33-32(34-27)37-17-23-2-3-24(18-37)43-23/h1,4-6,11-13,23-25,28H,2-3,7-10,14-18H2,(H,35,39,40)/t23-,24+,25-,28?/m0/s1. The van der Waals surface area contributed by atoms with Crippen LogP contribution >= 0.6 is 0 Å². The third kappa shape index (κ3) is 5.10. The number of ether oxygens (including phenoxy) is 2. The Hall–Kier alpha value is -4.09. The lowest BCUT2D eigenvalue weighted by molar-refractivity contribution is -0.136. The average Bonchev–Trinajstić information content (AvgIpc) is 3.68. The van der Waals surface area contributed by atoms with Crippen molar-refractivity contribution in [2.24, 2.45) is 0 Å². The molecule has 4 saturated heterocycles. The zero-order valence-corrected chi connectivity index (χ0v) is 23.9. The van der Waals surface area contributed by atoms with Crippen molar-refractivity contribution in [3.05, 3.63) is 59.3 Å². The second-order valence-corrected chi connectivity index (χ2v) is 12.4. The number of rotatable bonds is 6. The summed E-state index contributed by atoms with van der Waals surface area (Å²) in [7, 11) is 0. The molecule has 0 radical (unpaired) electrons. The predicted octanol–water partition coefficient (Wildman–Crippen LogP) is 2.41. The van der Waals surface area contributed by atoms with Gasteiger partial charge in [0.05, 0.1) is 17.7 Å². The van der Waals surface area contributed by atoms with E-state index in [2.05, 4.69) is 33.3 Å². The van der Waals surface area contributed by atoms with Gasteiger partial charge in [-0.05, 0) is 67.1 Å². The SMILES string of the molecule is O=C1CCC(N2Cc3cc(O[C@H]4CCN(Cc5ccc6nc(N7C[C@H]8CC[C@@H](C7)O8)ncc6c5)C4)ccc3C2=O)C(=O)N1. The van der Waals surface area contributed by atoms with E-state index in [0.717, 1.165) is 80.2 Å². The van der Waals surface area contributed by atoms with Crippen molar-refractivity contribution in [2.45, 2.75) is 69.5 Å². The molecule has 11 heteroatoms. The number of carbonyl (C=O) groups excluding carboxylic acids is 3. The van der Waals surface area contributed by atoms with Gasteiger partial charge in [-0.25, -0.2) is 9.97 Å². The predicted molar refractivity (Wildman–Crippen MR) is 156 cm³/mol. The number of benzene rings is 2. The van der Waals surface area contributed by atoms with Crippen LogP contribution in [0.15, 0.2) is 42.6 Å². The van der Waals surface area contributed by atoms with Gasteiger partial charge >= 0.3 is 0 Å². The number of aromatic nitrogens is 2. The van der Waals surface area contributed by atoms with Gasteiger partial charge in [0.2, 0.25) is 17.8 Å². The quantitative estimate of drug-likeness (QED) is 0.438. The molecule has 0 spiro atoms. The smallest absolute Gasteiger partial charge is 0.255 e. The first-order valence-corrected chi connectivity index (χ1v) is 15.3. The molecule has 1 unspecified atom stereocenters. The van der Waals surface area contributed by atoms with Crippen LogP contribution in [0.2, 0.25) is 0 Å². The Kier molecular flexibility index (Phi) is 6.52. The van der Waals surface area contributed by atoms with E-state index in [1.54, 1.807) is 11.0 Å². The highest BCUT2D eigenvalue weighted by molar-refractivity contribution is 6.05. The lowest BCUT2D eigenvalue weighted by atomic mass is 10.0. The van der Waals surface area contributed by atoms with Gasteiger partial charge in [0, 0.05) is 62.8 Å². The number of nitrogens with one attached hydrogen (secondary N) is 1. The number of fused-ring (bicyclic) bond motifs is 4. The van der Waals surface area contributed by atoms with Crippen molar-refractivity contribution in [2.75, 3.05) is 31.1 Å². The fourth-order valence-corrected chi connectivity index (χ4v) is 7.21. The minimum Gasteiger partial charge on any atom is -0.489 e. The Balaban J connectivity index is 0.881. The summed E-state index contributed by atoms with van der Waals surface area (Å²) in [5.41, 5.74) is 3.62. The molecule has 1 aromatic heterocycles. The molecule has 0 saturated carbocycles. The molecule has 5 aliphatic rings. The summed E-state index contributed by atoms with van der Waals surface area (Å²) in [5, 5.41) is 3.39. The summed E-state index contributed by atoms with van der Waals surface area (Å²) in [4.78, 5) is 52.6. The Morgan fingerprint density at radius 1 is 0.977 bits per heavy atom. The van der Waals surface area contributed by atoms with Gasteiger partial charge in [0.25, 0.3) is 5.91 Å². The van der Waals surface area contributed by atoms with Crippen LogP contribution in [0, 0.1) is 0 Å². The molecule has 3 amide bonds. The topological polar surface area (TPSA) is 117 Å². The van der Waals surface area contributed by atoms with Crippen LogP contribution in [-0.4, -0.2) is 88.0 Å². The molecule has 8 rings (SSSR count). The molecule has 3 aromatic rings. The number of hydrogen-bond donors (Lipinski definition) is 1. The number of hydrogen-bond acceptors (Lipinski definition) is 9. The van der Waals surface area contributed by atoms with Crippen LogP contribution in [0.5, 0.6) is 5.75 Å². The minimum absolute atomic E-state index is 0.0524. The van der Waals surface area contributed by atoms with E-state index in [-0.39, 0.29) is 24.3 Å². The molecule has 6 heterocycles. The lowest BCUT2D eigenvalue weighted by Crippen LogP contribution is -2.52. The molecular formula is C32H34N6O5. The van der Waals surface area contributed by atoms with E-state index >= 15 is 0 Å². The first kappa shape index (κ1) is 26.5. The number of likely N-dealkylation sites (tertiary alicyclic amines) is 1. The number of amides is 3. The number of carbonyl (C=O) groups is 3.